The van der Waals surface area contributed by atoms with Gasteiger partial charge in [-0.2, -0.15) is 37.3 Å². The Balaban J connectivity index is 1.46. The van der Waals surface area contributed by atoms with Crippen molar-refractivity contribution in [1.82, 2.24) is 4.98 Å². The molecule has 204 valence electrons. The first kappa shape index (κ1) is 27.5. The Bertz CT molecular complexity index is 1760. The summed E-state index contributed by atoms with van der Waals surface area (Å²) in [4.78, 5) is 3.49. The van der Waals surface area contributed by atoms with Gasteiger partial charge in [0.1, 0.15) is 0 Å². The van der Waals surface area contributed by atoms with Crippen LogP contribution in [0.25, 0.3) is 0 Å². The zero-order chi connectivity index (χ0) is 28.7. The van der Waals surface area contributed by atoms with Gasteiger partial charge in [0.05, 0.1) is 32.5 Å². The summed E-state index contributed by atoms with van der Waals surface area (Å²) < 4.78 is 55.5. The molecule has 0 amide bonds. The minimum Gasteiger partial charge on any atom is -0.237 e. The molecule has 1 heterocycles. The highest BCUT2D eigenvalue weighted by Crippen LogP contribution is 2.31. The fraction of sp³-hybridized carbons (Fsp3) is 0. The normalized spacial score (nSPS) is 12.1. The minimum atomic E-state index is -4.63. The first-order valence-corrected chi connectivity index (χ1v) is 15.1. The molecule has 0 aliphatic heterocycles. The van der Waals surface area contributed by atoms with Crippen molar-refractivity contribution >= 4 is 48.6 Å². The first-order valence-electron chi connectivity index (χ1n) is 12.2. The SMILES string of the molecule is O=S(=O)(c1ccc(N=Nc2ccccc2)cc1)N(c1ccccn1)S(=O)(=O)c1ccc(N=Nc2ccccc2)cc1. The monoisotopic (exact) mass is 582 g/mol. The van der Waals surface area contributed by atoms with Crippen LogP contribution in [0.3, 0.4) is 0 Å². The molecule has 0 saturated heterocycles. The first-order chi connectivity index (χ1) is 19.8. The molecule has 0 N–H and O–H groups in total. The van der Waals surface area contributed by atoms with Gasteiger partial charge in [-0.05, 0) is 84.9 Å². The average molecular weight is 583 g/mol. The number of sulfonamides is 2. The molecule has 10 nitrogen and oxygen atoms in total. The smallest absolute Gasteiger partial charge is 0.237 e. The summed E-state index contributed by atoms with van der Waals surface area (Å²) in [7, 11) is -9.26. The van der Waals surface area contributed by atoms with E-state index in [-0.39, 0.29) is 15.6 Å². The maximum Gasteiger partial charge on any atom is 0.279 e. The standard InChI is InChI=1S/C29H22N6O4S2/c36-40(37,27-18-14-25(15-19-27)33-31-23-9-3-1-4-10-23)35(29-13-7-8-22-30-29)41(38,39)28-20-16-26(17-21-28)34-32-24-11-5-2-6-12-24/h1-22H. The van der Waals surface area contributed by atoms with E-state index in [1.54, 1.807) is 30.3 Å². The Morgan fingerprint density at radius 3 is 1.17 bits per heavy atom. The molecule has 1 aromatic heterocycles. The molecule has 4 aromatic carbocycles. The minimum absolute atomic E-state index is 0.265. The third-order valence-corrected chi connectivity index (χ3v) is 9.78. The highest BCUT2D eigenvalue weighted by atomic mass is 32.3. The van der Waals surface area contributed by atoms with Gasteiger partial charge >= 0.3 is 0 Å². The van der Waals surface area contributed by atoms with Gasteiger partial charge in [0, 0.05) is 6.20 Å². The number of benzene rings is 4. The summed E-state index contributed by atoms with van der Waals surface area (Å²) in [6, 6.07) is 33.3. The summed E-state index contributed by atoms with van der Waals surface area (Å²) in [5, 5.41) is 16.4. The molecule has 0 aliphatic carbocycles. The highest BCUT2D eigenvalue weighted by Gasteiger charge is 2.37. The third kappa shape index (κ3) is 6.40. The fourth-order valence-electron chi connectivity index (χ4n) is 3.62. The Labute approximate surface area is 237 Å². The van der Waals surface area contributed by atoms with Crippen LogP contribution in [0.4, 0.5) is 28.6 Å². The zero-order valence-corrected chi connectivity index (χ0v) is 23.0. The van der Waals surface area contributed by atoms with E-state index in [1.165, 1.54) is 66.9 Å². The lowest BCUT2D eigenvalue weighted by atomic mass is 10.3. The summed E-state index contributed by atoms with van der Waals surface area (Å²) in [5.74, 6) is -0.284. The lowest BCUT2D eigenvalue weighted by molar-refractivity contribution is 0.583. The van der Waals surface area contributed by atoms with Crippen LogP contribution >= 0.6 is 0 Å². The molecule has 5 rings (SSSR count). The third-order valence-electron chi connectivity index (χ3n) is 5.62. The molecule has 0 atom stereocenters. The summed E-state index contributed by atoms with van der Waals surface area (Å²) >= 11 is 0. The Hall–Kier alpha value is -5.07. The number of pyridine rings is 1. The Morgan fingerprint density at radius 2 is 0.805 bits per heavy atom. The average Bonchev–Trinajstić information content (AvgIpc) is 3.01. The van der Waals surface area contributed by atoms with Crippen LogP contribution in [-0.4, -0.2) is 21.8 Å². The molecule has 0 radical (unpaired) electrons. The van der Waals surface area contributed by atoms with E-state index in [9.17, 15) is 16.8 Å². The fourth-order valence-corrected chi connectivity index (χ4v) is 7.22. The van der Waals surface area contributed by atoms with Gasteiger partial charge in [-0.25, -0.2) is 4.98 Å². The van der Waals surface area contributed by atoms with Crippen molar-refractivity contribution in [1.29, 1.82) is 0 Å². The molecule has 0 unspecified atom stereocenters. The lowest BCUT2D eigenvalue weighted by Gasteiger charge is -2.23. The number of hydrogen-bond acceptors (Lipinski definition) is 9. The number of hydrogen-bond donors (Lipinski definition) is 0. The van der Waals surface area contributed by atoms with Crippen LogP contribution in [0.15, 0.2) is 164 Å². The largest absolute Gasteiger partial charge is 0.279 e. The zero-order valence-electron chi connectivity index (χ0n) is 21.3. The van der Waals surface area contributed by atoms with E-state index in [4.69, 9.17) is 0 Å². The van der Waals surface area contributed by atoms with Crippen molar-refractivity contribution < 1.29 is 16.8 Å². The number of anilines is 1. The van der Waals surface area contributed by atoms with Gasteiger partial charge in [0.15, 0.2) is 5.82 Å². The van der Waals surface area contributed by atoms with E-state index in [2.05, 4.69) is 25.4 Å². The predicted octanol–water partition coefficient (Wildman–Crippen LogP) is 7.50. The summed E-state index contributed by atoms with van der Waals surface area (Å²) in [5.41, 5.74) is 2.04. The van der Waals surface area contributed by atoms with Crippen LogP contribution < -0.4 is 3.71 Å². The van der Waals surface area contributed by atoms with E-state index in [1.807, 2.05) is 36.4 Å². The van der Waals surface area contributed by atoms with Crippen molar-refractivity contribution in [3.05, 3.63) is 134 Å². The second kappa shape index (κ2) is 12.0. The van der Waals surface area contributed by atoms with Crippen LogP contribution in [-0.2, 0) is 20.0 Å². The molecular weight excluding hydrogens is 560 g/mol. The van der Waals surface area contributed by atoms with E-state index in [0.717, 1.165) is 0 Å². The quantitative estimate of drug-likeness (QED) is 0.166. The molecular formula is C29H22N6O4S2. The molecule has 0 saturated carbocycles. The summed E-state index contributed by atoms with van der Waals surface area (Å²) in [6.45, 7) is 0. The van der Waals surface area contributed by atoms with Crippen LogP contribution in [0.5, 0.6) is 0 Å². The molecule has 41 heavy (non-hydrogen) atoms. The summed E-state index contributed by atoms with van der Waals surface area (Å²) in [6.07, 6.45) is 1.31. The maximum absolute atomic E-state index is 13.8. The van der Waals surface area contributed by atoms with Gasteiger partial charge in [-0.1, -0.05) is 42.5 Å². The molecule has 0 aliphatic rings. The number of azo groups is 2. The van der Waals surface area contributed by atoms with Crippen molar-refractivity contribution in [2.45, 2.75) is 9.79 Å². The highest BCUT2D eigenvalue weighted by molar-refractivity contribution is 8.10. The molecule has 5 aromatic rings. The number of aromatic nitrogens is 1. The second-order valence-corrected chi connectivity index (χ2v) is 12.3. The van der Waals surface area contributed by atoms with Gasteiger partial charge in [0.2, 0.25) is 0 Å². The second-order valence-electron chi connectivity index (χ2n) is 8.45. The van der Waals surface area contributed by atoms with Crippen molar-refractivity contribution in [3.63, 3.8) is 0 Å². The molecule has 0 bridgehead atoms. The maximum atomic E-state index is 13.8. The Kier molecular flexibility index (Phi) is 8.04. The van der Waals surface area contributed by atoms with Gasteiger partial charge < -0.3 is 0 Å². The molecule has 12 heteroatoms. The van der Waals surface area contributed by atoms with Crippen molar-refractivity contribution in [2.24, 2.45) is 20.5 Å². The number of rotatable bonds is 9. The van der Waals surface area contributed by atoms with Crippen LogP contribution in [0.1, 0.15) is 0 Å². The van der Waals surface area contributed by atoms with E-state index < -0.39 is 20.0 Å². The van der Waals surface area contributed by atoms with Crippen molar-refractivity contribution in [3.8, 4) is 0 Å². The Morgan fingerprint density at radius 1 is 0.439 bits per heavy atom. The van der Waals surface area contributed by atoms with Crippen LogP contribution in [0.2, 0.25) is 0 Å². The predicted molar refractivity (Wildman–Crippen MR) is 155 cm³/mol. The van der Waals surface area contributed by atoms with E-state index >= 15 is 0 Å². The van der Waals surface area contributed by atoms with Gasteiger partial charge in [-0.3, -0.25) is 0 Å². The van der Waals surface area contributed by atoms with Crippen LogP contribution in [0, 0.1) is 0 Å². The van der Waals surface area contributed by atoms with Crippen molar-refractivity contribution in [2.75, 3.05) is 3.71 Å². The topological polar surface area (TPSA) is 134 Å². The van der Waals surface area contributed by atoms with Gasteiger partial charge in [-0.15, -0.1) is 3.71 Å². The lowest BCUT2D eigenvalue weighted by Crippen LogP contribution is -2.37. The van der Waals surface area contributed by atoms with Gasteiger partial charge in [0.25, 0.3) is 20.0 Å². The number of nitrogens with zero attached hydrogens (tertiary/aromatic N) is 6. The van der Waals surface area contributed by atoms with E-state index in [0.29, 0.717) is 26.5 Å². The molecule has 0 spiro atoms. The molecule has 0 fully saturated rings.